The highest BCUT2D eigenvalue weighted by Crippen LogP contribution is 2.29. The predicted molar refractivity (Wildman–Crippen MR) is 92.2 cm³/mol. The highest BCUT2D eigenvalue weighted by atomic mass is 16.4. The van der Waals surface area contributed by atoms with Crippen LogP contribution in [0.25, 0.3) is 5.57 Å². The third-order valence-corrected chi connectivity index (χ3v) is 4.21. The standard InChI is InChI=1S/C18H19N3O3/c1-11-4-3-5-14(8-11)19-9-13-7-6-12(2)21-16(13)20-10-15(17(21)22)18(23)24/h3-5,8-10,12,19H,6-7H2,1-2H3,(H,23,24)/t12-/m0/s1. The van der Waals surface area contributed by atoms with Crippen LogP contribution in [0, 0.1) is 6.92 Å². The van der Waals surface area contributed by atoms with Gasteiger partial charge in [0.15, 0.2) is 0 Å². The molecule has 1 aromatic carbocycles. The lowest BCUT2D eigenvalue weighted by Gasteiger charge is -2.26. The van der Waals surface area contributed by atoms with Gasteiger partial charge in [0, 0.05) is 29.7 Å². The van der Waals surface area contributed by atoms with Crippen LogP contribution in [0.2, 0.25) is 0 Å². The summed E-state index contributed by atoms with van der Waals surface area (Å²) in [5.41, 5.74) is 2.21. The molecule has 0 aliphatic carbocycles. The number of nitrogens with zero attached hydrogens (tertiary/aromatic N) is 2. The quantitative estimate of drug-likeness (QED) is 0.906. The van der Waals surface area contributed by atoms with Crippen molar-refractivity contribution in [2.75, 3.05) is 5.32 Å². The van der Waals surface area contributed by atoms with E-state index in [1.165, 1.54) is 4.57 Å². The second-order valence-corrected chi connectivity index (χ2v) is 6.05. The molecule has 1 aromatic heterocycles. The molecule has 1 aliphatic rings. The van der Waals surface area contributed by atoms with Crippen LogP contribution in [0.1, 0.15) is 47.6 Å². The first-order valence-corrected chi connectivity index (χ1v) is 7.85. The van der Waals surface area contributed by atoms with Gasteiger partial charge in [-0.05, 0) is 44.4 Å². The first kappa shape index (κ1) is 16.0. The Bertz CT molecular complexity index is 883. The number of benzene rings is 1. The maximum atomic E-state index is 12.4. The van der Waals surface area contributed by atoms with Gasteiger partial charge in [0.1, 0.15) is 11.4 Å². The van der Waals surface area contributed by atoms with Crippen LogP contribution in [0.4, 0.5) is 5.69 Å². The molecule has 0 saturated carbocycles. The number of fused-ring (bicyclic) bond motifs is 1. The topological polar surface area (TPSA) is 84.2 Å². The molecule has 0 amide bonds. The van der Waals surface area contributed by atoms with E-state index in [1.54, 1.807) is 0 Å². The first-order valence-electron chi connectivity index (χ1n) is 7.85. The molecule has 0 fully saturated rings. The number of hydrogen-bond acceptors (Lipinski definition) is 4. The lowest BCUT2D eigenvalue weighted by Crippen LogP contribution is -2.34. The molecule has 1 aliphatic heterocycles. The van der Waals surface area contributed by atoms with E-state index in [0.717, 1.165) is 35.9 Å². The summed E-state index contributed by atoms with van der Waals surface area (Å²) in [6, 6.07) is 7.90. The number of hydrogen-bond donors (Lipinski definition) is 2. The van der Waals surface area contributed by atoms with Crippen molar-refractivity contribution in [3.8, 4) is 0 Å². The lowest BCUT2D eigenvalue weighted by molar-refractivity contribution is 0.0693. The number of carboxylic acids is 1. The number of nitrogens with one attached hydrogen (secondary N) is 1. The van der Waals surface area contributed by atoms with Gasteiger partial charge < -0.3 is 10.4 Å². The average Bonchev–Trinajstić information content (AvgIpc) is 2.54. The molecule has 124 valence electrons. The molecule has 0 unspecified atom stereocenters. The molecular weight excluding hydrogens is 306 g/mol. The fourth-order valence-corrected chi connectivity index (χ4v) is 2.91. The highest BCUT2D eigenvalue weighted by molar-refractivity contribution is 5.87. The summed E-state index contributed by atoms with van der Waals surface area (Å²) in [4.78, 5) is 27.8. The number of aromatic nitrogens is 2. The van der Waals surface area contributed by atoms with Crippen molar-refractivity contribution >= 4 is 17.2 Å². The Labute approximate surface area is 139 Å². The minimum atomic E-state index is -1.25. The maximum Gasteiger partial charge on any atom is 0.342 e. The number of allylic oxidation sites excluding steroid dienone is 1. The summed E-state index contributed by atoms with van der Waals surface area (Å²) >= 11 is 0. The fourth-order valence-electron chi connectivity index (χ4n) is 2.91. The summed E-state index contributed by atoms with van der Waals surface area (Å²) in [6.07, 6.45) is 4.53. The van der Waals surface area contributed by atoms with E-state index in [1.807, 2.05) is 44.3 Å². The minimum Gasteiger partial charge on any atom is -0.477 e. The van der Waals surface area contributed by atoms with Crippen LogP contribution in [0.3, 0.4) is 0 Å². The molecule has 3 rings (SSSR count). The Hall–Kier alpha value is -2.89. The molecule has 2 N–H and O–H groups in total. The van der Waals surface area contributed by atoms with Crippen molar-refractivity contribution in [1.82, 2.24) is 9.55 Å². The molecule has 24 heavy (non-hydrogen) atoms. The zero-order valence-corrected chi connectivity index (χ0v) is 13.6. The van der Waals surface area contributed by atoms with Gasteiger partial charge in [0.25, 0.3) is 5.56 Å². The van der Waals surface area contributed by atoms with Crippen LogP contribution in [0.5, 0.6) is 0 Å². The summed E-state index contributed by atoms with van der Waals surface area (Å²) < 4.78 is 1.48. The average molecular weight is 325 g/mol. The molecule has 6 heteroatoms. The van der Waals surface area contributed by atoms with Gasteiger partial charge in [-0.1, -0.05) is 12.1 Å². The van der Waals surface area contributed by atoms with E-state index in [4.69, 9.17) is 5.11 Å². The van der Waals surface area contributed by atoms with Crippen molar-refractivity contribution in [3.63, 3.8) is 0 Å². The highest BCUT2D eigenvalue weighted by Gasteiger charge is 2.25. The van der Waals surface area contributed by atoms with Crippen LogP contribution < -0.4 is 10.9 Å². The van der Waals surface area contributed by atoms with Crippen molar-refractivity contribution < 1.29 is 9.90 Å². The first-order chi connectivity index (χ1) is 11.5. The number of aromatic carboxylic acids is 1. The zero-order valence-electron chi connectivity index (χ0n) is 13.6. The Morgan fingerprint density at radius 2 is 2.25 bits per heavy atom. The van der Waals surface area contributed by atoms with Crippen molar-refractivity contribution in [2.24, 2.45) is 0 Å². The monoisotopic (exact) mass is 325 g/mol. The second-order valence-electron chi connectivity index (χ2n) is 6.05. The van der Waals surface area contributed by atoms with Crippen LogP contribution in [0.15, 0.2) is 41.5 Å². The summed E-state index contributed by atoms with van der Waals surface area (Å²) in [7, 11) is 0. The molecule has 1 atom stereocenters. The van der Waals surface area contributed by atoms with E-state index < -0.39 is 11.5 Å². The molecule has 2 heterocycles. The summed E-state index contributed by atoms with van der Waals surface area (Å²) in [5.74, 6) is -0.715. The van der Waals surface area contributed by atoms with E-state index in [-0.39, 0.29) is 11.6 Å². The smallest absolute Gasteiger partial charge is 0.342 e. The van der Waals surface area contributed by atoms with Gasteiger partial charge in [0.2, 0.25) is 0 Å². The molecular formula is C18H19N3O3. The lowest BCUT2D eigenvalue weighted by atomic mass is 10.0. The van der Waals surface area contributed by atoms with Crippen molar-refractivity contribution in [1.29, 1.82) is 0 Å². The van der Waals surface area contributed by atoms with Crippen molar-refractivity contribution in [2.45, 2.75) is 32.7 Å². The van der Waals surface area contributed by atoms with Gasteiger partial charge >= 0.3 is 5.97 Å². The normalized spacial score (nSPS) is 18.2. The molecule has 0 radical (unpaired) electrons. The zero-order chi connectivity index (χ0) is 17.3. The van der Waals surface area contributed by atoms with Gasteiger partial charge in [-0.2, -0.15) is 0 Å². The second kappa shape index (κ2) is 6.31. The van der Waals surface area contributed by atoms with E-state index in [2.05, 4.69) is 10.3 Å². The third kappa shape index (κ3) is 2.95. The SMILES string of the molecule is Cc1cccc(NC=C2CC[C@H](C)n3c2ncc(C(=O)O)c3=O)c1. The van der Waals surface area contributed by atoms with Gasteiger partial charge in [-0.15, -0.1) is 0 Å². The summed E-state index contributed by atoms with van der Waals surface area (Å²) in [5, 5.41) is 12.4. The third-order valence-electron chi connectivity index (χ3n) is 4.21. The number of carbonyl (C=O) groups is 1. The van der Waals surface area contributed by atoms with Gasteiger partial charge in [-0.25, -0.2) is 9.78 Å². The fraction of sp³-hybridized carbons (Fsp3) is 0.278. The minimum absolute atomic E-state index is 0.0737. The van der Waals surface area contributed by atoms with Gasteiger partial charge in [0.05, 0.1) is 0 Å². The Kier molecular flexibility index (Phi) is 4.20. The van der Waals surface area contributed by atoms with E-state index >= 15 is 0 Å². The Balaban J connectivity index is 2.00. The van der Waals surface area contributed by atoms with Crippen LogP contribution in [-0.4, -0.2) is 20.6 Å². The number of rotatable bonds is 3. The van der Waals surface area contributed by atoms with Crippen LogP contribution in [-0.2, 0) is 0 Å². The predicted octanol–water partition coefficient (Wildman–Crippen LogP) is 3.06. The Morgan fingerprint density at radius 1 is 1.46 bits per heavy atom. The summed E-state index contributed by atoms with van der Waals surface area (Å²) in [6.45, 7) is 3.92. The number of anilines is 1. The molecule has 2 aromatic rings. The van der Waals surface area contributed by atoms with Crippen LogP contribution >= 0.6 is 0 Å². The molecule has 0 bridgehead atoms. The Morgan fingerprint density at radius 3 is 2.96 bits per heavy atom. The van der Waals surface area contributed by atoms with E-state index in [0.29, 0.717) is 5.82 Å². The molecule has 0 spiro atoms. The maximum absolute atomic E-state index is 12.4. The largest absolute Gasteiger partial charge is 0.477 e. The molecule has 0 saturated heterocycles. The van der Waals surface area contributed by atoms with Gasteiger partial charge in [-0.3, -0.25) is 9.36 Å². The van der Waals surface area contributed by atoms with E-state index in [9.17, 15) is 9.59 Å². The number of aryl methyl sites for hydroxylation is 1. The number of carboxylic acid groups (broad SMARTS) is 1. The van der Waals surface area contributed by atoms with Crippen molar-refractivity contribution in [3.05, 3.63) is 64.0 Å². The molecule has 6 nitrogen and oxygen atoms in total.